The molecule has 1 aromatic heterocycles. The number of aromatic nitrogens is 1. The molecule has 0 aliphatic carbocycles. The first kappa shape index (κ1) is 21.2. The minimum atomic E-state index is -1.02. The number of pyridine rings is 1. The van der Waals surface area contributed by atoms with E-state index in [0.29, 0.717) is 21.7 Å². The quantitative estimate of drug-likeness (QED) is 0.204. The van der Waals surface area contributed by atoms with Gasteiger partial charge in [-0.25, -0.2) is 0 Å². The van der Waals surface area contributed by atoms with E-state index in [1.807, 2.05) is 0 Å². The lowest BCUT2D eigenvalue weighted by Gasteiger charge is -2.25. The molecular formula is C23H16ClN3O5. The average Bonchev–Trinajstić information content (AvgIpc) is 3.05. The van der Waals surface area contributed by atoms with Gasteiger partial charge in [0.15, 0.2) is 0 Å². The van der Waals surface area contributed by atoms with Gasteiger partial charge in [0.1, 0.15) is 5.76 Å². The number of amides is 1. The first-order chi connectivity index (χ1) is 15.4. The first-order valence-corrected chi connectivity index (χ1v) is 9.92. The lowest BCUT2D eigenvalue weighted by molar-refractivity contribution is -0.384. The monoisotopic (exact) mass is 449 g/mol. The van der Waals surface area contributed by atoms with Gasteiger partial charge in [0.2, 0.25) is 0 Å². The number of aliphatic hydroxyl groups is 1. The highest BCUT2D eigenvalue weighted by Gasteiger charge is 2.46. The molecule has 1 saturated heterocycles. The maximum atomic E-state index is 13.0. The Morgan fingerprint density at radius 1 is 1.12 bits per heavy atom. The van der Waals surface area contributed by atoms with Gasteiger partial charge in [0, 0.05) is 41.7 Å². The number of nitro groups is 1. The number of carbonyl (C=O) groups is 2. The number of non-ortho nitro benzene ring substituents is 1. The number of carbonyl (C=O) groups excluding carboxylic acids is 2. The number of benzene rings is 2. The van der Waals surface area contributed by atoms with E-state index in [0.717, 1.165) is 0 Å². The van der Waals surface area contributed by atoms with Gasteiger partial charge in [-0.05, 0) is 41.5 Å². The second-order valence-electron chi connectivity index (χ2n) is 7.15. The summed E-state index contributed by atoms with van der Waals surface area (Å²) in [6.07, 6.45) is 3.14. The Bertz CT molecular complexity index is 1240. The minimum absolute atomic E-state index is 0.0309. The van der Waals surface area contributed by atoms with Crippen molar-refractivity contribution in [2.45, 2.75) is 12.6 Å². The van der Waals surface area contributed by atoms with Crippen LogP contribution < -0.4 is 0 Å². The summed E-state index contributed by atoms with van der Waals surface area (Å²) in [4.78, 5) is 42.0. The number of nitrogens with zero attached hydrogens (tertiary/aromatic N) is 3. The molecule has 0 bridgehead atoms. The predicted octanol–water partition coefficient (Wildman–Crippen LogP) is 4.27. The van der Waals surface area contributed by atoms with Crippen LogP contribution in [0.1, 0.15) is 22.7 Å². The van der Waals surface area contributed by atoms with Gasteiger partial charge in [-0.3, -0.25) is 24.7 Å². The van der Waals surface area contributed by atoms with Crippen LogP contribution in [0.5, 0.6) is 0 Å². The van der Waals surface area contributed by atoms with Crippen LogP contribution in [0.25, 0.3) is 5.76 Å². The second-order valence-corrected chi connectivity index (χ2v) is 7.58. The molecule has 2 heterocycles. The third-order valence-corrected chi connectivity index (χ3v) is 5.38. The fourth-order valence-corrected chi connectivity index (χ4v) is 3.78. The molecule has 2 aromatic carbocycles. The number of aliphatic hydroxyl groups excluding tert-OH is 1. The number of rotatable bonds is 5. The van der Waals surface area contributed by atoms with Crippen molar-refractivity contribution >= 4 is 34.7 Å². The zero-order valence-corrected chi connectivity index (χ0v) is 17.3. The molecule has 160 valence electrons. The lowest BCUT2D eigenvalue weighted by atomic mass is 9.95. The summed E-state index contributed by atoms with van der Waals surface area (Å²) in [7, 11) is 0. The molecule has 0 radical (unpaired) electrons. The van der Waals surface area contributed by atoms with Gasteiger partial charge in [0.25, 0.3) is 17.4 Å². The number of hydrogen-bond donors (Lipinski definition) is 1. The number of halogens is 1. The van der Waals surface area contributed by atoms with Gasteiger partial charge in [-0.2, -0.15) is 0 Å². The molecular weight excluding hydrogens is 434 g/mol. The van der Waals surface area contributed by atoms with Crippen molar-refractivity contribution in [3.63, 3.8) is 0 Å². The van der Waals surface area contributed by atoms with Crippen molar-refractivity contribution in [2.24, 2.45) is 0 Å². The van der Waals surface area contributed by atoms with Crippen LogP contribution in [0.2, 0.25) is 5.02 Å². The van der Waals surface area contributed by atoms with Crippen LogP contribution in [0, 0.1) is 10.1 Å². The Hall–Kier alpha value is -4.04. The van der Waals surface area contributed by atoms with Gasteiger partial charge in [-0.1, -0.05) is 29.8 Å². The maximum Gasteiger partial charge on any atom is 0.295 e. The molecule has 1 unspecified atom stereocenters. The van der Waals surface area contributed by atoms with Gasteiger partial charge in [0.05, 0.1) is 16.5 Å². The molecule has 8 nitrogen and oxygen atoms in total. The summed E-state index contributed by atoms with van der Waals surface area (Å²) in [6.45, 7) is 0.0309. The standard InChI is InChI=1S/C23H16ClN3O5/c24-17-8-6-15(7-9-17)21(28)19-20(16-4-1-5-18(11-16)27(31)32)26(23(30)22(19)29)13-14-3-2-10-25-12-14/h1-12,20,28H,13H2/b21-19-. The van der Waals surface area contributed by atoms with Gasteiger partial charge in [-0.15, -0.1) is 0 Å². The summed E-state index contributed by atoms with van der Waals surface area (Å²) in [6, 6.07) is 14.2. The third kappa shape index (κ3) is 3.95. The fraction of sp³-hybridized carbons (Fsp3) is 0.0870. The van der Waals surface area contributed by atoms with Gasteiger partial charge >= 0.3 is 0 Å². The molecule has 1 atom stereocenters. The van der Waals surface area contributed by atoms with Crippen LogP contribution in [0.15, 0.2) is 78.6 Å². The molecule has 0 spiro atoms. The van der Waals surface area contributed by atoms with Crippen LogP contribution in [0.3, 0.4) is 0 Å². The topological polar surface area (TPSA) is 114 Å². The minimum Gasteiger partial charge on any atom is -0.507 e. The Kier molecular flexibility index (Phi) is 5.70. The number of nitro benzene ring substituents is 1. The molecule has 4 rings (SSSR count). The molecule has 9 heteroatoms. The molecule has 0 saturated carbocycles. The van der Waals surface area contributed by atoms with E-state index in [4.69, 9.17) is 11.6 Å². The van der Waals surface area contributed by atoms with E-state index in [2.05, 4.69) is 4.98 Å². The molecule has 1 fully saturated rings. The normalized spacial score (nSPS) is 17.5. The molecule has 1 N–H and O–H groups in total. The number of Topliss-reactive ketones (excluding diaryl/α,β-unsaturated/α-hetero) is 1. The molecule has 1 amide bonds. The summed E-state index contributed by atoms with van der Waals surface area (Å²) < 4.78 is 0. The Morgan fingerprint density at radius 3 is 2.53 bits per heavy atom. The highest BCUT2D eigenvalue weighted by Crippen LogP contribution is 2.41. The maximum absolute atomic E-state index is 13.0. The molecule has 1 aliphatic rings. The lowest BCUT2D eigenvalue weighted by Crippen LogP contribution is -2.29. The van der Waals surface area contributed by atoms with Crippen molar-refractivity contribution in [1.29, 1.82) is 0 Å². The summed E-state index contributed by atoms with van der Waals surface area (Å²) >= 11 is 5.92. The van der Waals surface area contributed by atoms with E-state index in [-0.39, 0.29) is 23.6 Å². The smallest absolute Gasteiger partial charge is 0.295 e. The van der Waals surface area contributed by atoms with E-state index in [1.165, 1.54) is 35.2 Å². The number of hydrogen-bond acceptors (Lipinski definition) is 6. The summed E-state index contributed by atoms with van der Waals surface area (Å²) in [5.74, 6) is -2.08. The summed E-state index contributed by atoms with van der Waals surface area (Å²) in [5.41, 5.74) is 0.945. The van der Waals surface area contributed by atoms with Crippen molar-refractivity contribution in [1.82, 2.24) is 9.88 Å². The van der Waals surface area contributed by atoms with Crippen LogP contribution >= 0.6 is 11.6 Å². The zero-order valence-electron chi connectivity index (χ0n) is 16.5. The van der Waals surface area contributed by atoms with Crippen molar-refractivity contribution in [3.05, 3.63) is 110 Å². The Balaban J connectivity index is 1.89. The Labute approximate surface area is 187 Å². The highest BCUT2D eigenvalue weighted by atomic mass is 35.5. The van der Waals surface area contributed by atoms with Crippen molar-refractivity contribution in [2.75, 3.05) is 0 Å². The van der Waals surface area contributed by atoms with Crippen LogP contribution in [0.4, 0.5) is 5.69 Å². The highest BCUT2D eigenvalue weighted by molar-refractivity contribution is 6.46. The number of ketones is 1. The van der Waals surface area contributed by atoms with Crippen LogP contribution in [-0.2, 0) is 16.1 Å². The third-order valence-electron chi connectivity index (χ3n) is 5.13. The van der Waals surface area contributed by atoms with E-state index >= 15 is 0 Å². The first-order valence-electron chi connectivity index (χ1n) is 9.54. The van der Waals surface area contributed by atoms with E-state index < -0.39 is 22.7 Å². The predicted molar refractivity (Wildman–Crippen MR) is 117 cm³/mol. The van der Waals surface area contributed by atoms with E-state index in [1.54, 1.807) is 42.7 Å². The average molecular weight is 450 g/mol. The fourth-order valence-electron chi connectivity index (χ4n) is 3.65. The largest absolute Gasteiger partial charge is 0.507 e. The second kappa shape index (κ2) is 8.60. The SMILES string of the molecule is O=C1C(=O)N(Cc2cccnc2)C(c2cccc([N+](=O)[O-])c2)/C1=C(/O)c1ccc(Cl)cc1. The van der Waals surface area contributed by atoms with Crippen molar-refractivity contribution < 1.29 is 19.6 Å². The number of likely N-dealkylation sites (tertiary alicyclic amines) is 1. The molecule has 3 aromatic rings. The molecule has 1 aliphatic heterocycles. The zero-order chi connectivity index (χ0) is 22.8. The van der Waals surface area contributed by atoms with Crippen LogP contribution in [-0.4, -0.2) is 31.6 Å². The Morgan fingerprint density at radius 2 is 1.88 bits per heavy atom. The molecule has 32 heavy (non-hydrogen) atoms. The summed E-state index contributed by atoms with van der Waals surface area (Å²) in [5, 5.41) is 22.7. The van der Waals surface area contributed by atoms with E-state index in [9.17, 15) is 24.8 Å². The van der Waals surface area contributed by atoms with Crippen molar-refractivity contribution in [3.8, 4) is 0 Å². The van der Waals surface area contributed by atoms with Gasteiger partial charge < -0.3 is 10.0 Å².